The Balaban J connectivity index is 1.74. The molecule has 1 aromatic carbocycles. The van der Waals surface area contributed by atoms with E-state index in [1.54, 1.807) is 26.7 Å². The molecule has 1 atom stereocenters. The number of pyridine rings is 1. The van der Waals surface area contributed by atoms with Gasteiger partial charge in [-0.05, 0) is 24.3 Å². The lowest BCUT2D eigenvalue weighted by Gasteiger charge is -2.11. The molecule has 6 nitrogen and oxygen atoms in total. The number of rotatable bonds is 4. The van der Waals surface area contributed by atoms with Crippen molar-refractivity contribution < 1.29 is 18.7 Å². The molecule has 0 spiro atoms. The van der Waals surface area contributed by atoms with E-state index in [2.05, 4.69) is 10.1 Å². The molecule has 1 aliphatic heterocycles. The van der Waals surface area contributed by atoms with Crippen molar-refractivity contribution in [1.29, 1.82) is 0 Å². The van der Waals surface area contributed by atoms with Crippen LogP contribution in [0.1, 0.15) is 23.8 Å². The van der Waals surface area contributed by atoms with E-state index in [4.69, 9.17) is 18.7 Å². The van der Waals surface area contributed by atoms with Gasteiger partial charge < -0.3 is 18.7 Å². The van der Waals surface area contributed by atoms with Crippen molar-refractivity contribution in [3.63, 3.8) is 0 Å². The van der Waals surface area contributed by atoms with Gasteiger partial charge in [0, 0.05) is 18.2 Å². The van der Waals surface area contributed by atoms with Gasteiger partial charge in [-0.1, -0.05) is 11.2 Å². The number of nitrogens with zero attached hydrogens (tertiary/aromatic N) is 2. The Morgan fingerprint density at radius 3 is 2.83 bits per heavy atom. The summed E-state index contributed by atoms with van der Waals surface area (Å²) < 4.78 is 16.5. The van der Waals surface area contributed by atoms with E-state index >= 15 is 0 Å². The summed E-state index contributed by atoms with van der Waals surface area (Å²) in [6.45, 7) is 0. The number of fused-ring (bicyclic) bond motifs is 1. The van der Waals surface area contributed by atoms with Gasteiger partial charge in [0.1, 0.15) is 5.75 Å². The summed E-state index contributed by atoms with van der Waals surface area (Å²) in [5.74, 6) is 1.33. The summed E-state index contributed by atoms with van der Waals surface area (Å²) in [5.41, 5.74) is 3.14. The van der Waals surface area contributed by atoms with Gasteiger partial charge in [-0.15, -0.1) is 0 Å². The molecule has 0 fully saturated rings. The number of oxime groups is 1. The highest BCUT2D eigenvalue weighted by Gasteiger charge is 2.28. The summed E-state index contributed by atoms with van der Waals surface area (Å²) in [5, 5.41) is 5.09. The molecule has 0 amide bonds. The van der Waals surface area contributed by atoms with Crippen molar-refractivity contribution in [1.82, 2.24) is 4.98 Å². The average Bonchev–Trinajstić information content (AvgIpc) is 3.30. The van der Waals surface area contributed by atoms with E-state index in [9.17, 15) is 0 Å². The number of hydrogen-bond acceptors (Lipinski definition) is 6. The Hall–Kier alpha value is -3.02. The lowest BCUT2D eigenvalue weighted by molar-refractivity contribution is 0.0826. The van der Waals surface area contributed by atoms with Crippen molar-refractivity contribution in [3.8, 4) is 11.5 Å². The maximum atomic E-state index is 5.60. The van der Waals surface area contributed by atoms with E-state index in [0.29, 0.717) is 23.5 Å². The summed E-state index contributed by atoms with van der Waals surface area (Å²) in [7, 11) is 3.24. The SMILES string of the molecule is COc1c(C2=NOC(c3ccccn3)C2)cc(OC)c2occc12. The van der Waals surface area contributed by atoms with Gasteiger partial charge in [0.25, 0.3) is 0 Å². The fourth-order valence-electron chi connectivity index (χ4n) is 2.93. The van der Waals surface area contributed by atoms with Crippen LogP contribution in [0.15, 0.2) is 52.4 Å². The average molecular weight is 324 g/mol. The fourth-order valence-corrected chi connectivity index (χ4v) is 2.93. The third-order valence-corrected chi connectivity index (χ3v) is 4.08. The first kappa shape index (κ1) is 14.6. The van der Waals surface area contributed by atoms with Crippen molar-refractivity contribution >= 4 is 16.7 Å². The number of furan rings is 1. The fraction of sp³-hybridized carbons (Fsp3) is 0.222. The molecule has 24 heavy (non-hydrogen) atoms. The Morgan fingerprint density at radius 2 is 2.08 bits per heavy atom. The van der Waals surface area contributed by atoms with Gasteiger partial charge in [0.15, 0.2) is 17.4 Å². The topological polar surface area (TPSA) is 66.1 Å². The molecule has 0 bridgehead atoms. The van der Waals surface area contributed by atoms with E-state index in [1.165, 1.54) is 0 Å². The molecule has 0 radical (unpaired) electrons. The third kappa shape index (κ3) is 2.27. The summed E-state index contributed by atoms with van der Waals surface area (Å²) in [6.07, 6.45) is 3.78. The molecule has 3 aromatic rings. The van der Waals surface area contributed by atoms with E-state index in [-0.39, 0.29) is 6.10 Å². The largest absolute Gasteiger partial charge is 0.495 e. The van der Waals surface area contributed by atoms with Crippen LogP contribution in [-0.2, 0) is 4.84 Å². The molecule has 3 heterocycles. The lowest BCUT2D eigenvalue weighted by Crippen LogP contribution is -2.05. The van der Waals surface area contributed by atoms with Gasteiger partial charge in [-0.3, -0.25) is 4.98 Å². The Kier molecular flexibility index (Phi) is 3.57. The number of hydrogen-bond donors (Lipinski definition) is 0. The number of methoxy groups -OCH3 is 2. The van der Waals surface area contributed by atoms with Crippen LogP contribution in [0.25, 0.3) is 11.0 Å². The van der Waals surface area contributed by atoms with Crippen LogP contribution in [0, 0.1) is 0 Å². The van der Waals surface area contributed by atoms with Crippen molar-refractivity contribution in [3.05, 3.63) is 54.0 Å². The first-order chi connectivity index (χ1) is 11.8. The Bertz CT molecular complexity index is 902. The van der Waals surface area contributed by atoms with Crippen LogP contribution in [0.5, 0.6) is 11.5 Å². The molecular formula is C18H16N2O4. The molecule has 4 rings (SSSR count). The molecule has 0 aliphatic carbocycles. The normalized spacial score (nSPS) is 16.8. The Labute approximate surface area is 138 Å². The number of ether oxygens (including phenoxy) is 2. The maximum absolute atomic E-state index is 5.60. The van der Waals surface area contributed by atoms with Crippen LogP contribution in [0.4, 0.5) is 0 Å². The minimum atomic E-state index is -0.197. The minimum absolute atomic E-state index is 0.197. The minimum Gasteiger partial charge on any atom is -0.495 e. The zero-order valence-corrected chi connectivity index (χ0v) is 13.4. The first-order valence-electron chi connectivity index (χ1n) is 7.58. The highest BCUT2D eigenvalue weighted by molar-refractivity contribution is 6.09. The molecule has 6 heteroatoms. The summed E-state index contributed by atoms with van der Waals surface area (Å²) >= 11 is 0. The molecule has 2 aromatic heterocycles. The molecule has 0 saturated heterocycles. The molecule has 1 aliphatic rings. The van der Waals surface area contributed by atoms with Crippen molar-refractivity contribution in [2.24, 2.45) is 5.16 Å². The zero-order chi connectivity index (χ0) is 16.5. The highest BCUT2D eigenvalue weighted by atomic mass is 16.6. The highest BCUT2D eigenvalue weighted by Crippen LogP contribution is 2.40. The van der Waals surface area contributed by atoms with Crippen LogP contribution in [0.3, 0.4) is 0 Å². The van der Waals surface area contributed by atoms with E-state index in [0.717, 1.165) is 22.4 Å². The van der Waals surface area contributed by atoms with Gasteiger partial charge in [-0.2, -0.15) is 0 Å². The zero-order valence-electron chi connectivity index (χ0n) is 13.4. The van der Waals surface area contributed by atoms with E-state index in [1.807, 2.05) is 30.3 Å². The molecule has 1 unspecified atom stereocenters. The van der Waals surface area contributed by atoms with Gasteiger partial charge in [0.05, 0.1) is 37.3 Å². The Morgan fingerprint density at radius 1 is 1.17 bits per heavy atom. The first-order valence-corrected chi connectivity index (χ1v) is 7.58. The lowest BCUT2D eigenvalue weighted by atomic mass is 10.00. The maximum Gasteiger partial charge on any atom is 0.179 e. The molecular weight excluding hydrogens is 308 g/mol. The molecule has 0 N–H and O–H groups in total. The van der Waals surface area contributed by atoms with Crippen LogP contribution >= 0.6 is 0 Å². The number of benzene rings is 1. The van der Waals surface area contributed by atoms with Crippen molar-refractivity contribution in [2.45, 2.75) is 12.5 Å². The van der Waals surface area contributed by atoms with Gasteiger partial charge >= 0.3 is 0 Å². The summed E-state index contributed by atoms with van der Waals surface area (Å²) in [4.78, 5) is 9.92. The quantitative estimate of drug-likeness (QED) is 0.732. The summed E-state index contributed by atoms with van der Waals surface area (Å²) in [6, 6.07) is 9.46. The van der Waals surface area contributed by atoms with Crippen LogP contribution in [0.2, 0.25) is 0 Å². The second-order valence-corrected chi connectivity index (χ2v) is 5.41. The smallest absolute Gasteiger partial charge is 0.179 e. The van der Waals surface area contributed by atoms with Gasteiger partial charge in [0.2, 0.25) is 0 Å². The second kappa shape index (κ2) is 5.88. The van der Waals surface area contributed by atoms with Crippen molar-refractivity contribution in [2.75, 3.05) is 14.2 Å². The predicted octanol–water partition coefficient (Wildman–Crippen LogP) is 3.71. The standard InChI is InChI=1S/C18H16N2O4/c1-21-16-9-12(17(22-2)11-6-8-23-18(11)16)14-10-15(24-20-14)13-5-3-4-7-19-13/h3-9,15H,10H2,1-2H3. The third-order valence-electron chi connectivity index (χ3n) is 4.08. The molecule has 122 valence electrons. The monoisotopic (exact) mass is 324 g/mol. The van der Waals surface area contributed by atoms with Crippen LogP contribution < -0.4 is 9.47 Å². The van der Waals surface area contributed by atoms with Crippen LogP contribution in [-0.4, -0.2) is 24.9 Å². The second-order valence-electron chi connectivity index (χ2n) is 5.41. The van der Waals surface area contributed by atoms with E-state index < -0.39 is 0 Å². The molecule has 0 saturated carbocycles. The predicted molar refractivity (Wildman–Crippen MR) is 88.5 cm³/mol. The number of aromatic nitrogens is 1. The van der Waals surface area contributed by atoms with Gasteiger partial charge in [-0.25, -0.2) is 0 Å².